The van der Waals surface area contributed by atoms with E-state index in [4.69, 9.17) is 9.84 Å². The molecule has 0 bridgehead atoms. The second kappa shape index (κ2) is 9.86. The number of hydrogen-bond donors (Lipinski definition) is 1. The second-order valence-electron chi connectivity index (χ2n) is 7.24. The molecule has 32 heavy (non-hydrogen) atoms. The molecule has 9 heteroatoms. The molecule has 0 saturated heterocycles. The van der Waals surface area contributed by atoms with Crippen molar-refractivity contribution in [1.82, 2.24) is 4.57 Å². The summed E-state index contributed by atoms with van der Waals surface area (Å²) < 4.78 is 47.6. The first-order valence-electron chi connectivity index (χ1n) is 9.89. The van der Waals surface area contributed by atoms with Gasteiger partial charge < -0.3 is 14.6 Å². The normalized spacial score (nSPS) is 11.6. The Morgan fingerprint density at radius 2 is 1.78 bits per heavy atom. The summed E-state index contributed by atoms with van der Waals surface area (Å²) in [6.45, 7) is 0.606. The molecule has 0 aliphatic carbocycles. The van der Waals surface area contributed by atoms with Crippen LogP contribution in [0.4, 0.5) is 13.2 Å². The zero-order chi connectivity index (χ0) is 23.3. The number of hydrogen-bond acceptors (Lipinski definition) is 4. The number of carbonyl (C=O) groups is 2. The van der Waals surface area contributed by atoms with Crippen LogP contribution in [0, 0.1) is 6.92 Å². The Labute approximate surface area is 182 Å². The van der Waals surface area contributed by atoms with Crippen LogP contribution in [0.15, 0.2) is 48.5 Å². The number of ether oxygens (including phenoxy) is 2. The van der Waals surface area contributed by atoms with E-state index in [2.05, 4.69) is 4.74 Å². The number of rotatable bonds is 9. The van der Waals surface area contributed by atoms with Crippen molar-refractivity contribution < 1.29 is 37.3 Å². The fraction of sp³-hybridized carbons (Fsp3) is 0.304. The lowest BCUT2D eigenvalue weighted by molar-refractivity contribution is -0.174. The largest absolute Gasteiger partial charge is 0.494 e. The van der Waals surface area contributed by atoms with E-state index in [1.54, 1.807) is 55.5 Å². The molecular weight excluding hydrogens is 427 g/mol. The van der Waals surface area contributed by atoms with Gasteiger partial charge in [-0.05, 0) is 48.9 Å². The van der Waals surface area contributed by atoms with Crippen molar-refractivity contribution in [3.63, 3.8) is 0 Å². The molecule has 0 unspecified atom stereocenters. The van der Waals surface area contributed by atoms with Crippen LogP contribution in [0.5, 0.6) is 5.75 Å². The molecule has 0 amide bonds. The van der Waals surface area contributed by atoms with Crippen LogP contribution in [0.3, 0.4) is 0 Å². The molecule has 170 valence electrons. The molecule has 1 aromatic heterocycles. The Kier molecular flexibility index (Phi) is 7.19. The number of aryl methyl sites for hydroxylation is 1. The number of fused-ring (bicyclic) bond motifs is 1. The van der Waals surface area contributed by atoms with Crippen LogP contribution in [0.2, 0.25) is 0 Å². The van der Waals surface area contributed by atoms with Gasteiger partial charge in [-0.3, -0.25) is 14.2 Å². The molecule has 6 nitrogen and oxygen atoms in total. The summed E-state index contributed by atoms with van der Waals surface area (Å²) >= 11 is 0. The average Bonchev–Trinajstić information content (AvgIpc) is 3.06. The van der Waals surface area contributed by atoms with E-state index in [0.717, 1.165) is 0 Å². The van der Waals surface area contributed by atoms with Crippen molar-refractivity contribution in [2.24, 2.45) is 0 Å². The lowest BCUT2D eigenvalue weighted by Gasteiger charge is -2.10. The van der Waals surface area contributed by atoms with Crippen LogP contribution in [0.25, 0.3) is 10.9 Å². The lowest BCUT2D eigenvalue weighted by atomic mass is 10.1. The first-order chi connectivity index (χ1) is 15.2. The third-order valence-electron chi connectivity index (χ3n) is 4.73. The Morgan fingerprint density at radius 1 is 1.06 bits per heavy atom. The molecule has 2 aromatic carbocycles. The predicted octanol–water partition coefficient (Wildman–Crippen LogP) is 4.61. The Balaban J connectivity index is 1.65. The summed E-state index contributed by atoms with van der Waals surface area (Å²) in [4.78, 5) is 24.2. The van der Waals surface area contributed by atoms with Crippen LogP contribution < -0.4 is 4.74 Å². The summed E-state index contributed by atoms with van der Waals surface area (Å²) in [5.41, 5.74) is 2.36. The number of carboxylic acids is 1. The standard InChI is InChI=1S/C23H22F3NO5/c1-15-12-19-17(13-21(28)29)4-2-5-20(19)27(15)22(30)16-6-8-18(9-7-16)32-11-3-10-31-14-23(24,25)26/h2,4-9,12H,3,10-11,13-14H2,1H3,(H,28,29). The highest BCUT2D eigenvalue weighted by molar-refractivity contribution is 6.04. The van der Waals surface area contributed by atoms with E-state index in [-0.39, 0.29) is 25.5 Å². The van der Waals surface area contributed by atoms with Gasteiger partial charge in [0.25, 0.3) is 5.91 Å². The fourth-order valence-electron chi connectivity index (χ4n) is 3.37. The van der Waals surface area contributed by atoms with Gasteiger partial charge >= 0.3 is 12.1 Å². The molecule has 0 aliphatic rings. The van der Waals surface area contributed by atoms with Crippen molar-refractivity contribution in [1.29, 1.82) is 0 Å². The van der Waals surface area contributed by atoms with E-state index >= 15 is 0 Å². The zero-order valence-electron chi connectivity index (χ0n) is 17.3. The maximum absolute atomic E-state index is 13.1. The van der Waals surface area contributed by atoms with Crippen molar-refractivity contribution >= 4 is 22.8 Å². The highest BCUT2D eigenvalue weighted by atomic mass is 19.4. The third-order valence-corrected chi connectivity index (χ3v) is 4.73. The minimum absolute atomic E-state index is 0.0695. The zero-order valence-corrected chi connectivity index (χ0v) is 17.3. The van der Waals surface area contributed by atoms with Gasteiger partial charge in [-0.2, -0.15) is 13.2 Å². The molecule has 1 N–H and O–H groups in total. The second-order valence-corrected chi connectivity index (χ2v) is 7.24. The van der Waals surface area contributed by atoms with Gasteiger partial charge in [0.1, 0.15) is 12.4 Å². The summed E-state index contributed by atoms with van der Waals surface area (Å²) in [6.07, 6.45) is -4.18. The lowest BCUT2D eigenvalue weighted by Crippen LogP contribution is -2.18. The molecule has 0 fully saturated rings. The minimum Gasteiger partial charge on any atom is -0.494 e. The molecule has 0 spiro atoms. The molecule has 0 atom stereocenters. The van der Waals surface area contributed by atoms with Gasteiger partial charge in [-0.15, -0.1) is 0 Å². The molecule has 1 heterocycles. The number of aliphatic carboxylic acids is 1. The van der Waals surface area contributed by atoms with Crippen LogP contribution in [0.1, 0.15) is 28.0 Å². The highest BCUT2D eigenvalue weighted by Crippen LogP contribution is 2.25. The smallest absolute Gasteiger partial charge is 0.411 e. The van der Waals surface area contributed by atoms with Gasteiger partial charge in [-0.25, -0.2) is 0 Å². The SMILES string of the molecule is Cc1cc2c(CC(=O)O)cccc2n1C(=O)c1ccc(OCCCOCC(F)(F)F)cc1. The average molecular weight is 449 g/mol. The first-order valence-corrected chi connectivity index (χ1v) is 9.89. The van der Waals surface area contributed by atoms with E-state index in [0.29, 0.717) is 39.9 Å². The Hall–Kier alpha value is -3.33. The van der Waals surface area contributed by atoms with Gasteiger partial charge in [-0.1, -0.05) is 12.1 Å². The van der Waals surface area contributed by atoms with E-state index in [1.807, 2.05) is 0 Å². The number of benzene rings is 2. The summed E-state index contributed by atoms with van der Waals surface area (Å²) in [5, 5.41) is 9.83. The summed E-state index contributed by atoms with van der Waals surface area (Å²) in [7, 11) is 0. The van der Waals surface area contributed by atoms with Crippen molar-refractivity contribution in [3.05, 3.63) is 65.4 Å². The Bertz CT molecular complexity index is 1100. The van der Waals surface area contributed by atoms with E-state index < -0.39 is 18.8 Å². The van der Waals surface area contributed by atoms with Crippen molar-refractivity contribution in [2.75, 3.05) is 19.8 Å². The van der Waals surface area contributed by atoms with Gasteiger partial charge in [0.2, 0.25) is 0 Å². The predicted molar refractivity (Wildman–Crippen MR) is 111 cm³/mol. The third kappa shape index (κ3) is 5.88. The number of carbonyl (C=O) groups excluding carboxylic acids is 1. The maximum Gasteiger partial charge on any atom is 0.411 e. The number of aromatic nitrogens is 1. The van der Waals surface area contributed by atoms with Gasteiger partial charge in [0.05, 0.1) is 25.2 Å². The Morgan fingerprint density at radius 3 is 2.44 bits per heavy atom. The first kappa shape index (κ1) is 23.3. The monoisotopic (exact) mass is 449 g/mol. The minimum atomic E-state index is -4.34. The maximum atomic E-state index is 13.1. The van der Waals surface area contributed by atoms with E-state index in [1.165, 1.54) is 4.57 Å². The number of alkyl halides is 3. The molecule has 0 aliphatic heterocycles. The molecule has 0 radical (unpaired) electrons. The molecule has 3 rings (SSSR count). The van der Waals surface area contributed by atoms with Crippen molar-refractivity contribution in [2.45, 2.75) is 25.9 Å². The molecule has 3 aromatic rings. The number of nitrogens with zero attached hydrogens (tertiary/aromatic N) is 1. The fourth-order valence-corrected chi connectivity index (χ4v) is 3.37. The summed E-state index contributed by atoms with van der Waals surface area (Å²) in [5.74, 6) is -0.732. The van der Waals surface area contributed by atoms with Crippen LogP contribution in [-0.2, 0) is 16.0 Å². The molecule has 0 saturated carbocycles. The number of carboxylic acid groups (broad SMARTS) is 1. The van der Waals surface area contributed by atoms with Gasteiger partial charge in [0.15, 0.2) is 0 Å². The van der Waals surface area contributed by atoms with Crippen LogP contribution >= 0.6 is 0 Å². The van der Waals surface area contributed by atoms with Crippen molar-refractivity contribution in [3.8, 4) is 5.75 Å². The van der Waals surface area contributed by atoms with Gasteiger partial charge in [0, 0.05) is 23.1 Å². The quantitative estimate of drug-likeness (QED) is 0.483. The summed E-state index contributed by atoms with van der Waals surface area (Å²) in [6, 6.07) is 13.4. The topological polar surface area (TPSA) is 77.8 Å². The number of halogens is 3. The van der Waals surface area contributed by atoms with E-state index in [9.17, 15) is 22.8 Å². The molecular formula is C23H22F3NO5. The van der Waals surface area contributed by atoms with Crippen LogP contribution in [-0.4, -0.2) is 47.5 Å². The highest BCUT2D eigenvalue weighted by Gasteiger charge is 2.27.